The van der Waals surface area contributed by atoms with Crippen LogP contribution < -0.4 is 10.6 Å². The lowest BCUT2D eigenvalue weighted by Gasteiger charge is -2.22. The van der Waals surface area contributed by atoms with Gasteiger partial charge in [0, 0.05) is 12.8 Å². The zero-order valence-corrected chi connectivity index (χ0v) is 16.7. The third-order valence-corrected chi connectivity index (χ3v) is 4.73. The molecular weight excluding hydrogens is 366 g/mol. The lowest BCUT2D eigenvalue weighted by atomic mass is 10.0. The quantitative estimate of drug-likeness (QED) is 0.467. The van der Waals surface area contributed by atoms with Gasteiger partial charge in [0.2, 0.25) is 0 Å². The molecule has 0 spiro atoms. The molecule has 0 amide bonds. The fourth-order valence-corrected chi connectivity index (χ4v) is 3.28. The number of furan rings is 1. The van der Waals surface area contributed by atoms with Crippen LogP contribution in [0.3, 0.4) is 0 Å². The van der Waals surface area contributed by atoms with Gasteiger partial charge in [-0.2, -0.15) is 0 Å². The van der Waals surface area contributed by atoms with Gasteiger partial charge in [0.1, 0.15) is 11.4 Å². The van der Waals surface area contributed by atoms with Gasteiger partial charge >= 0.3 is 0 Å². The van der Waals surface area contributed by atoms with Crippen LogP contribution >= 0.6 is 0 Å². The molecule has 7 nitrogen and oxygen atoms in total. The maximum atomic E-state index is 11.3. The molecule has 0 aliphatic carbocycles. The molecule has 1 aromatic carbocycles. The largest absolute Gasteiger partial charge is 0.466 e. The summed E-state index contributed by atoms with van der Waals surface area (Å²) in [5.74, 6) is 1.08. The Morgan fingerprint density at radius 1 is 1.19 bits per heavy atom. The molecule has 1 unspecified atom stereocenters. The second-order valence-electron chi connectivity index (χ2n) is 6.69. The van der Waals surface area contributed by atoms with Crippen LogP contribution in [0.15, 0.2) is 52.1 Å². The van der Waals surface area contributed by atoms with Crippen molar-refractivity contribution < 1.29 is 17.9 Å². The summed E-state index contributed by atoms with van der Waals surface area (Å²) >= 11 is 0. The van der Waals surface area contributed by atoms with Gasteiger partial charge in [-0.05, 0) is 37.1 Å². The van der Waals surface area contributed by atoms with E-state index in [1.165, 1.54) is 12.5 Å². The maximum absolute atomic E-state index is 11.3. The number of benzene rings is 1. The standard InChI is InChI=1S/C19H27N3O4S/c1-4-20-18(22-14-19(2,23)17-6-5-11-26-17)21-12-15-7-9-16(10-8-15)13-27(3,24)25/h5-11,23H,4,12-14H2,1-3H3,(H2,20,21,22). The Morgan fingerprint density at radius 2 is 1.85 bits per heavy atom. The Balaban J connectivity index is 1.98. The molecule has 148 valence electrons. The van der Waals surface area contributed by atoms with Gasteiger partial charge in [-0.3, -0.25) is 0 Å². The minimum Gasteiger partial charge on any atom is -0.466 e. The average molecular weight is 394 g/mol. The van der Waals surface area contributed by atoms with Crippen LogP contribution in [0.2, 0.25) is 0 Å². The number of aliphatic hydroxyl groups is 1. The number of hydrogen-bond acceptors (Lipinski definition) is 5. The number of hydrogen-bond donors (Lipinski definition) is 3. The van der Waals surface area contributed by atoms with Crippen molar-refractivity contribution in [2.45, 2.75) is 31.7 Å². The summed E-state index contributed by atoms with van der Waals surface area (Å²) in [5.41, 5.74) is 0.555. The molecule has 1 atom stereocenters. The summed E-state index contributed by atoms with van der Waals surface area (Å²) in [6, 6.07) is 10.8. The van der Waals surface area contributed by atoms with E-state index in [-0.39, 0.29) is 12.3 Å². The molecule has 0 bridgehead atoms. The van der Waals surface area contributed by atoms with Gasteiger partial charge in [-0.1, -0.05) is 24.3 Å². The number of rotatable bonds is 8. The molecule has 0 radical (unpaired) electrons. The van der Waals surface area contributed by atoms with Crippen molar-refractivity contribution in [1.29, 1.82) is 0 Å². The molecule has 2 rings (SSSR count). The molecule has 0 fully saturated rings. The van der Waals surface area contributed by atoms with E-state index in [0.29, 0.717) is 24.8 Å². The molecule has 8 heteroatoms. The van der Waals surface area contributed by atoms with Crippen molar-refractivity contribution >= 4 is 15.8 Å². The number of guanidine groups is 1. The normalized spacial score (nSPS) is 14.6. The molecular formula is C19H27N3O4S. The summed E-state index contributed by atoms with van der Waals surface area (Å²) in [7, 11) is -3.04. The summed E-state index contributed by atoms with van der Waals surface area (Å²) in [4.78, 5) is 4.51. The lowest BCUT2D eigenvalue weighted by Crippen LogP contribution is -2.44. The molecule has 2 aromatic rings. The zero-order valence-electron chi connectivity index (χ0n) is 15.9. The average Bonchev–Trinajstić information content (AvgIpc) is 3.13. The van der Waals surface area contributed by atoms with Crippen LogP contribution in [0.1, 0.15) is 30.7 Å². The third-order valence-electron chi connectivity index (χ3n) is 3.87. The van der Waals surface area contributed by atoms with Crippen molar-refractivity contribution in [2.24, 2.45) is 4.99 Å². The fraction of sp³-hybridized carbons (Fsp3) is 0.421. The predicted molar refractivity (Wildman–Crippen MR) is 106 cm³/mol. The van der Waals surface area contributed by atoms with E-state index in [9.17, 15) is 13.5 Å². The number of aliphatic imine (C=N–C) groups is 1. The summed E-state index contributed by atoms with van der Waals surface area (Å²) in [5, 5.41) is 16.8. The van der Waals surface area contributed by atoms with Crippen molar-refractivity contribution in [3.63, 3.8) is 0 Å². The molecule has 0 aliphatic rings. The highest BCUT2D eigenvalue weighted by atomic mass is 32.2. The SMILES string of the molecule is CCNC(=NCc1ccc(CS(C)(=O)=O)cc1)NCC(C)(O)c1ccco1. The molecule has 1 heterocycles. The Bertz CT molecular complexity index is 842. The van der Waals surface area contributed by atoms with Gasteiger partial charge in [0.05, 0.1) is 25.1 Å². The van der Waals surface area contributed by atoms with Crippen molar-refractivity contribution in [1.82, 2.24) is 10.6 Å². The van der Waals surface area contributed by atoms with E-state index in [0.717, 1.165) is 11.1 Å². The second-order valence-corrected chi connectivity index (χ2v) is 8.83. The third kappa shape index (κ3) is 7.07. The first kappa shape index (κ1) is 21.0. The first-order chi connectivity index (χ1) is 12.7. The highest BCUT2D eigenvalue weighted by Gasteiger charge is 2.26. The van der Waals surface area contributed by atoms with Crippen LogP contribution in [0.5, 0.6) is 0 Å². The van der Waals surface area contributed by atoms with Gasteiger partial charge in [0.25, 0.3) is 0 Å². The maximum Gasteiger partial charge on any atom is 0.191 e. The van der Waals surface area contributed by atoms with E-state index in [2.05, 4.69) is 15.6 Å². The van der Waals surface area contributed by atoms with E-state index in [4.69, 9.17) is 4.42 Å². The van der Waals surface area contributed by atoms with Gasteiger partial charge < -0.3 is 20.2 Å². The highest BCUT2D eigenvalue weighted by Crippen LogP contribution is 2.19. The predicted octanol–water partition coefficient (Wildman–Crippen LogP) is 1.79. The molecule has 0 saturated carbocycles. The molecule has 0 aliphatic heterocycles. The second kappa shape index (κ2) is 9.05. The van der Waals surface area contributed by atoms with E-state index < -0.39 is 15.4 Å². The van der Waals surface area contributed by atoms with Crippen LogP contribution in [0.25, 0.3) is 0 Å². The molecule has 27 heavy (non-hydrogen) atoms. The Kier molecular flexibility index (Phi) is 7.04. The first-order valence-electron chi connectivity index (χ1n) is 8.74. The van der Waals surface area contributed by atoms with E-state index in [1.54, 1.807) is 31.2 Å². The Morgan fingerprint density at radius 3 is 2.41 bits per heavy atom. The fourth-order valence-electron chi connectivity index (χ4n) is 2.48. The summed E-state index contributed by atoms with van der Waals surface area (Å²) < 4.78 is 28.0. The molecule has 1 aromatic heterocycles. The topological polar surface area (TPSA) is 104 Å². The lowest BCUT2D eigenvalue weighted by molar-refractivity contribution is 0.0386. The monoisotopic (exact) mass is 393 g/mol. The van der Waals surface area contributed by atoms with Crippen molar-refractivity contribution in [3.05, 3.63) is 59.5 Å². The van der Waals surface area contributed by atoms with Crippen LogP contribution in [-0.2, 0) is 27.7 Å². The Hall–Kier alpha value is -2.32. The van der Waals surface area contributed by atoms with Gasteiger partial charge in [-0.25, -0.2) is 13.4 Å². The van der Waals surface area contributed by atoms with E-state index in [1.807, 2.05) is 19.1 Å². The number of sulfone groups is 1. The highest BCUT2D eigenvalue weighted by molar-refractivity contribution is 7.89. The molecule has 3 N–H and O–H groups in total. The van der Waals surface area contributed by atoms with Gasteiger partial charge in [-0.15, -0.1) is 0 Å². The van der Waals surface area contributed by atoms with E-state index >= 15 is 0 Å². The summed E-state index contributed by atoms with van der Waals surface area (Å²) in [6.07, 6.45) is 2.74. The minimum atomic E-state index is -3.04. The zero-order chi connectivity index (χ0) is 19.9. The summed E-state index contributed by atoms with van der Waals surface area (Å²) in [6.45, 7) is 4.98. The Labute approximate surface area is 160 Å². The van der Waals surface area contributed by atoms with Crippen LogP contribution in [0.4, 0.5) is 0 Å². The van der Waals surface area contributed by atoms with Crippen LogP contribution in [-0.4, -0.2) is 38.8 Å². The number of nitrogens with zero attached hydrogens (tertiary/aromatic N) is 1. The van der Waals surface area contributed by atoms with Crippen LogP contribution in [0, 0.1) is 0 Å². The number of nitrogens with one attached hydrogen (secondary N) is 2. The smallest absolute Gasteiger partial charge is 0.191 e. The minimum absolute atomic E-state index is 0.0304. The van der Waals surface area contributed by atoms with Crippen molar-refractivity contribution in [2.75, 3.05) is 19.3 Å². The van der Waals surface area contributed by atoms with Crippen molar-refractivity contribution in [3.8, 4) is 0 Å². The first-order valence-corrected chi connectivity index (χ1v) is 10.8. The molecule has 0 saturated heterocycles. The van der Waals surface area contributed by atoms with Gasteiger partial charge in [0.15, 0.2) is 15.8 Å².